The quantitative estimate of drug-likeness (QED) is 0.823. The first-order valence-electron chi connectivity index (χ1n) is 8.76. The van der Waals surface area contributed by atoms with Crippen molar-refractivity contribution < 1.29 is 0 Å². The standard InChI is InChI=1S/C21H28N2/c1-18(2)21-17-22(15-19-9-5-3-6-10-19)13-14-23(21)16-20-11-7-4-8-12-20/h3-12,18,21H,13-17H2,1-2H3/t21-/m0/s1. The Bertz CT molecular complexity index is 579. The molecule has 0 spiro atoms. The van der Waals surface area contributed by atoms with Crippen LogP contribution in [0.3, 0.4) is 0 Å². The number of hydrogen-bond acceptors (Lipinski definition) is 2. The Morgan fingerprint density at radius 1 is 0.826 bits per heavy atom. The van der Waals surface area contributed by atoms with E-state index in [1.807, 2.05) is 0 Å². The smallest absolute Gasteiger partial charge is 0.0250 e. The van der Waals surface area contributed by atoms with Gasteiger partial charge in [-0.3, -0.25) is 9.80 Å². The molecule has 2 aromatic carbocycles. The van der Waals surface area contributed by atoms with Gasteiger partial charge in [-0.25, -0.2) is 0 Å². The van der Waals surface area contributed by atoms with Crippen molar-refractivity contribution >= 4 is 0 Å². The topological polar surface area (TPSA) is 6.48 Å². The molecular formula is C21H28N2. The molecule has 1 aliphatic heterocycles. The van der Waals surface area contributed by atoms with Crippen LogP contribution in [0.25, 0.3) is 0 Å². The van der Waals surface area contributed by atoms with Crippen LogP contribution in [0.5, 0.6) is 0 Å². The van der Waals surface area contributed by atoms with Gasteiger partial charge in [0.05, 0.1) is 0 Å². The van der Waals surface area contributed by atoms with Crippen LogP contribution in [0, 0.1) is 5.92 Å². The van der Waals surface area contributed by atoms with E-state index in [0.29, 0.717) is 12.0 Å². The molecule has 0 amide bonds. The second-order valence-corrected chi connectivity index (χ2v) is 6.99. The zero-order valence-corrected chi connectivity index (χ0v) is 14.4. The predicted octanol–water partition coefficient (Wildman–Crippen LogP) is 4.03. The largest absolute Gasteiger partial charge is 0.296 e. The van der Waals surface area contributed by atoms with Crippen LogP contribution in [0.2, 0.25) is 0 Å². The Morgan fingerprint density at radius 3 is 1.96 bits per heavy atom. The molecule has 0 unspecified atom stereocenters. The maximum absolute atomic E-state index is 2.67. The third-order valence-electron chi connectivity index (χ3n) is 4.86. The highest BCUT2D eigenvalue weighted by Crippen LogP contribution is 2.21. The van der Waals surface area contributed by atoms with Gasteiger partial charge in [-0.15, -0.1) is 0 Å². The van der Waals surface area contributed by atoms with E-state index in [1.165, 1.54) is 17.7 Å². The summed E-state index contributed by atoms with van der Waals surface area (Å²) in [6.07, 6.45) is 0. The molecule has 0 saturated carbocycles. The number of hydrogen-bond donors (Lipinski definition) is 0. The minimum atomic E-state index is 0.632. The monoisotopic (exact) mass is 308 g/mol. The summed E-state index contributed by atoms with van der Waals surface area (Å²) in [6, 6.07) is 22.4. The van der Waals surface area contributed by atoms with E-state index >= 15 is 0 Å². The van der Waals surface area contributed by atoms with Crippen LogP contribution in [0.1, 0.15) is 25.0 Å². The number of piperazine rings is 1. The van der Waals surface area contributed by atoms with Crippen molar-refractivity contribution in [2.45, 2.75) is 33.0 Å². The van der Waals surface area contributed by atoms with Crippen LogP contribution >= 0.6 is 0 Å². The lowest BCUT2D eigenvalue weighted by Crippen LogP contribution is -2.54. The molecule has 1 heterocycles. The van der Waals surface area contributed by atoms with Gasteiger partial charge in [0.2, 0.25) is 0 Å². The van der Waals surface area contributed by atoms with Crippen molar-refractivity contribution in [1.29, 1.82) is 0 Å². The van der Waals surface area contributed by atoms with Gasteiger partial charge in [-0.1, -0.05) is 74.5 Å². The van der Waals surface area contributed by atoms with Crippen molar-refractivity contribution in [2.75, 3.05) is 19.6 Å². The summed E-state index contributed by atoms with van der Waals surface area (Å²) in [7, 11) is 0. The minimum absolute atomic E-state index is 0.632. The van der Waals surface area contributed by atoms with E-state index in [1.54, 1.807) is 0 Å². The van der Waals surface area contributed by atoms with E-state index in [4.69, 9.17) is 0 Å². The fourth-order valence-corrected chi connectivity index (χ4v) is 3.54. The van der Waals surface area contributed by atoms with Crippen LogP contribution < -0.4 is 0 Å². The molecular weight excluding hydrogens is 280 g/mol. The van der Waals surface area contributed by atoms with E-state index < -0.39 is 0 Å². The third-order valence-corrected chi connectivity index (χ3v) is 4.86. The molecule has 2 nitrogen and oxygen atoms in total. The lowest BCUT2D eigenvalue weighted by Gasteiger charge is -2.43. The Hall–Kier alpha value is -1.64. The number of nitrogens with zero attached hydrogens (tertiary/aromatic N) is 2. The van der Waals surface area contributed by atoms with E-state index in [9.17, 15) is 0 Å². The molecule has 0 radical (unpaired) electrons. The van der Waals surface area contributed by atoms with Gasteiger partial charge in [-0.05, 0) is 17.0 Å². The van der Waals surface area contributed by atoms with E-state index in [0.717, 1.165) is 26.2 Å². The first-order chi connectivity index (χ1) is 11.2. The van der Waals surface area contributed by atoms with Gasteiger partial charge < -0.3 is 0 Å². The molecule has 0 N–H and O–H groups in total. The van der Waals surface area contributed by atoms with Crippen molar-refractivity contribution in [1.82, 2.24) is 9.80 Å². The maximum atomic E-state index is 2.67. The van der Waals surface area contributed by atoms with Gasteiger partial charge >= 0.3 is 0 Å². The van der Waals surface area contributed by atoms with Crippen molar-refractivity contribution in [2.24, 2.45) is 5.92 Å². The Labute approximate surface area is 140 Å². The third kappa shape index (κ3) is 4.43. The summed E-state index contributed by atoms with van der Waals surface area (Å²) in [5.41, 5.74) is 2.85. The zero-order valence-electron chi connectivity index (χ0n) is 14.4. The summed E-state index contributed by atoms with van der Waals surface area (Å²) < 4.78 is 0. The number of rotatable bonds is 5. The van der Waals surface area contributed by atoms with Gasteiger partial charge in [0.15, 0.2) is 0 Å². The predicted molar refractivity (Wildman–Crippen MR) is 97.2 cm³/mol. The summed E-state index contributed by atoms with van der Waals surface area (Å²) in [6.45, 7) is 10.3. The second-order valence-electron chi connectivity index (χ2n) is 6.99. The van der Waals surface area contributed by atoms with Crippen molar-refractivity contribution in [3.63, 3.8) is 0 Å². The molecule has 0 bridgehead atoms. The Balaban J connectivity index is 1.64. The maximum Gasteiger partial charge on any atom is 0.0250 e. The molecule has 0 aliphatic carbocycles. The van der Waals surface area contributed by atoms with Crippen LogP contribution in [-0.4, -0.2) is 35.5 Å². The highest BCUT2D eigenvalue weighted by Gasteiger charge is 2.29. The molecule has 0 aromatic heterocycles. The molecule has 2 aromatic rings. The number of benzene rings is 2. The van der Waals surface area contributed by atoms with E-state index in [-0.39, 0.29) is 0 Å². The van der Waals surface area contributed by atoms with Crippen molar-refractivity contribution in [3.8, 4) is 0 Å². The molecule has 1 atom stereocenters. The first-order valence-corrected chi connectivity index (χ1v) is 8.76. The normalized spacial score (nSPS) is 20.0. The molecule has 2 heteroatoms. The molecule has 1 saturated heterocycles. The van der Waals surface area contributed by atoms with Gasteiger partial charge in [0.25, 0.3) is 0 Å². The Kier molecular flexibility index (Phi) is 5.47. The molecule has 1 aliphatic rings. The molecule has 3 rings (SSSR count). The van der Waals surface area contributed by atoms with E-state index in [2.05, 4.69) is 84.3 Å². The highest BCUT2D eigenvalue weighted by molar-refractivity contribution is 5.16. The van der Waals surface area contributed by atoms with Gasteiger partial charge in [0, 0.05) is 38.8 Å². The van der Waals surface area contributed by atoms with Crippen LogP contribution in [-0.2, 0) is 13.1 Å². The average Bonchev–Trinajstić information content (AvgIpc) is 2.58. The summed E-state index contributed by atoms with van der Waals surface area (Å²) >= 11 is 0. The summed E-state index contributed by atoms with van der Waals surface area (Å²) in [5, 5.41) is 0. The lowest BCUT2D eigenvalue weighted by molar-refractivity contribution is 0.0404. The second kappa shape index (κ2) is 7.76. The molecule has 1 fully saturated rings. The summed E-state index contributed by atoms with van der Waals surface area (Å²) in [4.78, 5) is 5.28. The van der Waals surface area contributed by atoms with Crippen LogP contribution in [0.15, 0.2) is 60.7 Å². The lowest BCUT2D eigenvalue weighted by atomic mass is 9.98. The Morgan fingerprint density at radius 2 is 1.39 bits per heavy atom. The first kappa shape index (κ1) is 16.2. The van der Waals surface area contributed by atoms with Crippen LogP contribution in [0.4, 0.5) is 0 Å². The fourth-order valence-electron chi connectivity index (χ4n) is 3.54. The highest BCUT2D eigenvalue weighted by atomic mass is 15.3. The minimum Gasteiger partial charge on any atom is -0.296 e. The fraction of sp³-hybridized carbons (Fsp3) is 0.429. The van der Waals surface area contributed by atoms with Gasteiger partial charge in [-0.2, -0.15) is 0 Å². The summed E-state index contributed by atoms with van der Waals surface area (Å²) in [5.74, 6) is 0.678. The van der Waals surface area contributed by atoms with Crippen molar-refractivity contribution in [3.05, 3.63) is 71.8 Å². The zero-order chi connectivity index (χ0) is 16.1. The van der Waals surface area contributed by atoms with Gasteiger partial charge in [0.1, 0.15) is 0 Å². The molecule has 122 valence electrons. The molecule has 23 heavy (non-hydrogen) atoms. The SMILES string of the molecule is CC(C)[C@@H]1CN(Cc2ccccc2)CCN1Cc1ccccc1. The average molecular weight is 308 g/mol.